The molecule has 1 heterocycles. The highest BCUT2D eigenvalue weighted by atomic mass is 32.1. The summed E-state index contributed by atoms with van der Waals surface area (Å²) in [5.74, 6) is 0.465. The Bertz CT molecular complexity index is 755. The van der Waals surface area contributed by atoms with E-state index in [0.717, 1.165) is 18.4 Å². The first kappa shape index (κ1) is 18.4. The molecule has 3 rings (SSSR count). The summed E-state index contributed by atoms with van der Waals surface area (Å²) in [6, 6.07) is 9.60. The molecule has 26 heavy (non-hydrogen) atoms. The maximum absolute atomic E-state index is 12.5. The molecule has 1 fully saturated rings. The fraction of sp³-hybridized carbons (Fsp3) is 0.421. The number of carbonyl (C=O) groups excluding carboxylic acids is 2. The Balaban J connectivity index is 1.77. The topological polar surface area (TPSA) is 80.3 Å². The van der Waals surface area contributed by atoms with Crippen LogP contribution in [-0.2, 0) is 9.53 Å². The zero-order chi connectivity index (χ0) is 18.4. The van der Waals surface area contributed by atoms with Gasteiger partial charge in [0, 0.05) is 12.0 Å². The summed E-state index contributed by atoms with van der Waals surface area (Å²) in [7, 11) is 1.30. The average Bonchev–Trinajstić information content (AvgIpc) is 3.05. The van der Waals surface area contributed by atoms with E-state index in [1.807, 2.05) is 30.3 Å². The van der Waals surface area contributed by atoms with Crippen molar-refractivity contribution in [1.82, 2.24) is 4.98 Å². The van der Waals surface area contributed by atoms with Crippen molar-refractivity contribution in [2.45, 2.75) is 38.5 Å². The molecule has 1 aromatic carbocycles. The molecule has 138 valence electrons. The van der Waals surface area contributed by atoms with Gasteiger partial charge < -0.3 is 10.1 Å². The largest absolute Gasteiger partial charge is 0.453 e. The van der Waals surface area contributed by atoms with E-state index in [-0.39, 0.29) is 5.91 Å². The molecular formula is C19H23N3O3S. The summed E-state index contributed by atoms with van der Waals surface area (Å²) in [6.07, 6.45) is 5.88. The van der Waals surface area contributed by atoms with Crippen LogP contribution < -0.4 is 10.6 Å². The van der Waals surface area contributed by atoms with Gasteiger partial charge in [-0.2, -0.15) is 0 Å². The molecule has 0 atom stereocenters. The molecule has 6 nitrogen and oxygen atoms in total. The first-order chi connectivity index (χ1) is 12.7. The SMILES string of the molecule is COC(=O)Nc1nc(-c2ccccc2)c(NC(=O)CC2CCCCC2)s1. The number of nitrogens with zero attached hydrogens (tertiary/aromatic N) is 1. The lowest BCUT2D eigenvalue weighted by Gasteiger charge is -2.20. The second-order valence-electron chi connectivity index (χ2n) is 6.44. The molecule has 0 bridgehead atoms. The summed E-state index contributed by atoms with van der Waals surface area (Å²) < 4.78 is 4.62. The van der Waals surface area contributed by atoms with E-state index in [1.54, 1.807) is 0 Å². The van der Waals surface area contributed by atoms with Gasteiger partial charge in [-0.1, -0.05) is 60.9 Å². The number of amides is 2. The number of hydrogen-bond donors (Lipinski definition) is 2. The van der Waals surface area contributed by atoms with Gasteiger partial charge in [0.25, 0.3) is 0 Å². The Kier molecular flexibility index (Phi) is 6.22. The number of ether oxygens (including phenoxy) is 1. The van der Waals surface area contributed by atoms with Crippen molar-refractivity contribution in [3.05, 3.63) is 30.3 Å². The minimum absolute atomic E-state index is 0.00218. The van der Waals surface area contributed by atoms with Crippen LogP contribution in [0.1, 0.15) is 38.5 Å². The molecule has 1 saturated carbocycles. The molecule has 2 amide bonds. The first-order valence-electron chi connectivity index (χ1n) is 8.87. The molecule has 2 aromatic rings. The maximum Gasteiger partial charge on any atom is 0.413 e. The molecular weight excluding hydrogens is 350 g/mol. The highest BCUT2D eigenvalue weighted by Gasteiger charge is 2.20. The van der Waals surface area contributed by atoms with Crippen LogP contribution >= 0.6 is 11.3 Å². The number of thiazole rings is 1. The minimum atomic E-state index is -0.585. The Morgan fingerprint density at radius 2 is 1.88 bits per heavy atom. The van der Waals surface area contributed by atoms with Crippen LogP contribution in [0.15, 0.2) is 30.3 Å². The molecule has 7 heteroatoms. The van der Waals surface area contributed by atoms with Crippen molar-refractivity contribution < 1.29 is 14.3 Å². The highest BCUT2D eigenvalue weighted by molar-refractivity contribution is 7.20. The summed E-state index contributed by atoms with van der Waals surface area (Å²) in [5, 5.41) is 6.60. The van der Waals surface area contributed by atoms with Gasteiger partial charge in [0.2, 0.25) is 5.91 Å². The normalized spacial score (nSPS) is 14.7. The van der Waals surface area contributed by atoms with Crippen molar-refractivity contribution in [2.24, 2.45) is 5.92 Å². The molecule has 0 spiro atoms. The van der Waals surface area contributed by atoms with Crippen LogP contribution in [-0.4, -0.2) is 24.1 Å². The van der Waals surface area contributed by atoms with Crippen LogP contribution in [0, 0.1) is 5.92 Å². The minimum Gasteiger partial charge on any atom is -0.453 e. The number of nitrogens with one attached hydrogen (secondary N) is 2. The molecule has 0 aliphatic heterocycles. The summed E-state index contributed by atoms with van der Waals surface area (Å²) in [6.45, 7) is 0. The van der Waals surface area contributed by atoms with Gasteiger partial charge in [0.05, 0.1) is 7.11 Å². The van der Waals surface area contributed by atoms with Gasteiger partial charge in [-0.15, -0.1) is 0 Å². The predicted molar refractivity (Wildman–Crippen MR) is 103 cm³/mol. The van der Waals surface area contributed by atoms with Gasteiger partial charge in [0.1, 0.15) is 10.7 Å². The lowest BCUT2D eigenvalue weighted by Crippen LogP contribution is -2.18. The van der Waals surface area contributed by atoms with Gasteiger partial charge >= 0.3 is 6.09 Å². The van der Waals surface area contributed by atoms with E-state index in [4.69, 9.17) is 0 Å². The van der Waals surface area contributed by atoms with Crippen LogP contribution in [0.5, 0.6) is 0 Å². The number of hydrogen-bond acceptors (Lipinski definition) is 5. The third-order valence-electron chi connectivity index (χ3n) is 4.52. The zero-order valence-corrected chi connectivity index (χ0v) is 15.6. The standard InChI is InChI=1S/C19H23N3O3S/c1-25-19(24)22-18-21-16(14-10-6-3-7-11-14)17(26-18)20-15(23)12-13-8-4-2-5-9-13/h3,6-7,10-11,13H,2,4-5,8-9,12H2,1H3,(H,20,23)(H,21,22,24). The number of aromatic nitrogens is 1. The number of benzene rings is 1. The summed E-state index contributed by atoms with van der Waals surface area (Å²) >= 11 is 1.23. The van der Waals surface area contributed by atoms with Gasteiger partial charge in [0.15, 0.2) is 5.13 Å². The van der Waals surface area contributed by atoms with Crippen molar-refractivity contribution in [3.63, 3.8) is 0 Å². The van der Waals surface area contributed by atoms with Crippen LogP contribution in [0.25, 0.3) is 11.3 Å². The third-order valence-corrected chi connectivity index (χ3v) is 5.41. The fourth-order valence-corrected chi connectivity index (χ4v) is 4.11. The zero-order valence-electron chi connectivity index (χ0n) is 14.8. The van der Waals surface area contributed by atoms with Crippen molar-refractivity contribution in [1.29, 1.82) is 0 Å². The second kappa shape index (κ2) is 8.80. The molecule has 1 aromatic heterocycles. The second-order valence-corrected chi connectivity index (χ2v) is 7.43. The van der Waals surface area contributed by atoms with Crippen LogP contribution in [0.2, 0.25) is 0 Å². The van der Waals surface area contributed by atoms with Gasteiger partial charge in [-0.05, 0) is 18.8 Å². The van der Waals surface area contributed by atoms with E-state index >= 15 is 0 Å². The Morgan fingerprint density at radius 1 is 1.15 bits per heavy atom. The Labute approximate surface area is 157 Å². The lowest BCUT2D eigenvalue weighted by molar-refractivity contribution is -0.117. The summed E-state index contributed by atoms with van der Waals surface area (Å²) in [4.78, 5) is 28.4. The van der Waals surface area contributed by atoms with E-state index < -0.39 is 6.09 Å². The highest BCUT2D eigenvalue weighted by Crippen LogP contribution is 2.36. The maximum atomic E-state index is 12.5. The Hall–Kier alpha value is -2.41. The first-order valence-corrected chi connectivity index (χ1v) is 9.68. The van der Waals surface area contributed by atoms with Gasteiger partial charge in [-0.25, -0.2) is 9.78 Å². The number of rotatable bonds is 5. The molecule has 1 aliphatic rings. The molecule has 0 radical (unpaired) electrons. The van der Waals surface area contributed by atoms with Crippen LogP contribution in [0.3, 0.4) is 0 Å². The Morgan fingerprint density at radius 3 is 2.58 bits per heavy atom. The molecule has 2 N–H and O–H groups in total. The molecule has 0 unspecified atom stereocenters. The van der Waals surface area contributed by atoms with E-state index in [2.05, 4.69) is 20.4 Å². The molecule has 0 saturated heterocycles. The van der Waals surface area contributed by atoms with Crippen molar-refractivity contribution in [2.75, 3.05) is 17.7 Å². The lowest BCUT2D eigenvalue weighted by atomic mass is 9.87. The van der Waals surface area contributed by atoms with Crippen molar-refractivity contribution in [3.8, 4) is 11.3 Å². The van der Waals surface area contributed by atoms with Gasteiger partial charge in [-0.3, -0.25) is 10.1 Å². The number of methoxy groups -OCH3 is 1. The quantitative estimate of drug-likeness (QED) is 0.781. The average molecular weight is 373 g/mol. The summed E-state index contributed by atoms with van der Waals surface area (Å²) in [5.41, 5.74) is 1.54. The van der Waals surface area contributed by atoms with E-state index in [1.165, 1.54) is 37.7 Å². The van der Waals surface area contributed by atoms with Crippen molar-refractivity contribution >= 4 is 33.5 Å². The number of carbonyl (C=O) groups is 2. The van der Waals surface area contributed by atoms with Crippen LogP contribution in [0.4, 0.5) is 14.9 Å². The molecule has 1 aliphatic carbocycles. The number of anilines is 2. The van der Waals surface area contributed by atoms with E-state index in [9.17, 15) is 9.59 Å². The monoisotopic (exact) mass is 373 g/mol. The fourth-order valence-electron chi connectivity index (χ4n) is 3.22. The van der Waals surface area contributed by atoms with E-state index in [0.29, 0.717) is 28.2 Å². The third kappa shape index (κ3) is 4.82. The smallest absolute Gasteiger partial charge is 0.413 e. The predicted octanol–water partition coefficient (Wildman–Crippen LogP) is 4.90.